The summed E-state index contributed by atoms with van der Waals surface area (Å²) in [6.45, 7) is 6.55. The fourth-order valence-corrected chi connectivity index (χ4v) is 2.80. The monoisotopic (exact) mass is 226 g/mol. The van der Waals surface area contributed by atoms with E-state index in [1.54, 1.807) is 0 Å². The molecule has 2 nitrogen and oxygen atoms in total. The van der Waals surface area contributed by atoms with Gasteiger partial charge in [0.15, 0.2) is 0 Å². The zero-order valence-electron chi connectivity index (χ0n) is 11.2. The van der Waals surface area contributed by atoms with Gasteiger partial charge in [-0.25, -0.2) is 0 Å². The topological polar surface area (TPSA) is 38.0 Å². The van der Waals surface area contributed by atoms with Crippen molar-refractivity contribution in [3.05, 3.63) is 0 Å². The summed E-state index contributed by atoms with van der Waals surface area (Å²) in [5.74, 6) is 0.826. The van der Waals surface area contributed by atoms with Crippen molar-refractivity contribution in [1.82, 2.24) is 5.32 Å². The second-order valence-electron chi connectivity index (χ2n) is 5.46. The first kappa shape index (κ1) is 14.0. The van der Waals surface area contributed by atoms with Gasteiger partial charge in [-0.15, -0.1) is 0 Å². The van der Waals surface area contributed by atoms with Crippen molar-refractivity contribution in [2.24, 2.45) is 11.7 Å². The largest absolute Gasteiger partial charge is 0.329 e. The fraction of sp³-hybridized carbons (Fsp3) is 1.00. The molecule has 1 fully saturated rings. The van der Waals surface area contributed by atoms with Gasteiger partial charge in [0.1, 0.15) is 0 Å². The van der Waals surface area contributed by atoms with E-state index < -0.39 is 0 Å². The third-order valence-corrected chi connectivity index (χ3v) is 4.37. The number of hydrogen-bond acceptors (Lipinski definition) is 2. The van der Waals surface area contributed by atoms with E-state index in [0.717, 1.165) is 19.0 Å². The molecule has 1 rings (SSSR count). The van der Waals surface area contributed by atoms with Gasteiger partial charge in [0.2, 0.25) is 0 Å². The molecule has 3 N–H and O–H groups in total. The summed E-state index contributed by atoms with van der Waals surface area (Å²) in [5, 5.41) is 3.80. The Bertz CT molecular complexity index is 168. The minimum atomic E-state index is 0.263. The molecule has 0 aromatic heterocycles. The molecule has 0 saturated heterocycles. The summed E-state index contributed by atoms with van der Waals surface area (Å²) in [6, 6.07) is 0. The van der Waals surface area contributed by atoms with Crippen molar-refractivity contribution in [3.8, 4) is 0 Å². The third kappa shape index (κ3) is 4.06. The normalized spacial score (nSPS) is 21.0. The predicted molar refractivity (Wildman–Crippen MR) is 71.6 cm³/mol. The molecule has 1 aliphatic rings. The number of rotatable bonds is 6. The molecule has 0 spiro atoms. The highest BCUT2D eigenvalue weighted by Crippen LogP contribution is 2.26. The van der Waals surface area contributed by atoms with Crippen LogP contribution in [0.5, 0.6) is 0 Å². The Morgan fingerprint density at radius 1 is 1.06 bits per heavy atom. The van der Waals surface area contributed by atoms with Crippen LogP contribution in [0, 0.1) is 5.92 Å². The Morgan fingerprint density at radius 2 is 1.62 bits per heavy atom. The SMILES string of the molecule is CCC(CC)CNC1(CN)CCCCCC1. The molecule has 0 bridgehead atoms. The van der Waals surface area contributed by atoms with Gasteiger partial charge in [-0.2, -0.15) is 0 Å². The maximum atomic E-state index is 6.01. The quantitative estimate of drug-likeness (QED) is 0.683. The molecule has 1 saturated carbocycles. The molecule has 0 amide bonds. The molecule has 0 unspecified atom stereocenters. The molecule has 1 aliphatic carbocycles. The summed E-state index contributed by atoms with van der Waals surface area (Å²) in [6.07, 6.45) is 10.6. The van der Waals surface area contributed by atoms with Crippen molar-refractivity contribution in [1.29, 1.82) is 0 Å². The lowest BCUT2D eigenvalue weighted by Crippen LogP contribution is -2.52. The van der Waals surface area contributed by atoms with E-state index in [1.807, 2.05) is 0 Å². The second-order valence-corrected chi connectivity index (χ2v) is 5.46. The lowest BCUT2D eigenvalue weighted by molar-refractivity contribution is 0.268. The van der Waals surface area contributed by atoms with Crippen molar-refractivity contribution >= 4 is 0 Å². The Hall–Kier alpha value is -0.0800. The zero-order valence-corrected chi connectivity index (χ0v) is 11.2. The highest BCUT2D eigenvalue weighted by molar-refractivity contribution is 4.91. The van der Waals surface area contributed by atoms with Crippen LogP contribution in [-0.4, -0.2) is 18.6 Å². The van der Waals surface area contributed by atoms with Crippen molar-refractivity contribution in [3.63, 3.8) is 0 Å². The Labute approximate surface area is 101 Å². The van der Waals surface area contributed by atoms with Crippen LogP contribution in [-0.2, 0) is 0 Å². The average molecular weight is 226 g/mol. The molecule has 0 aliphatic heterocycles. The first-order chi connectivity index (χ1) is 7.76. The van der Waals surface area contributed by atoms with Crippen LogP contribution >= 0.6 is 0 Å². The van der Waals surface area contributed by atoms with Crippen LogP contribution in [0.3, 0.4) is 0 Å². The first-order valence-corrected chi connectivity index (χ1v) is 7.21. The molecular weight excluding hydrogens is 196 g/mol. The van der Waals surface area contributed by atoms with E-state index in [9.17, 15) is 0 Å². The van der Waals surface area contributed by atoms with Gasteiger partial charge < -0.3 is 11.1 Å². The average Bonchev–Trinajstić information content (AvgIpc) is 2.57. The predicted octanol–water partition coefficient (Wildman–Crippen LogP) is 3.06. The van der Waals surface area contributed by atoms with Crippen LogP contribution in [0.2, 0.25) is 0 Å². The molecule has 0 heterocycles. The molecule has 0 atom stereocenters. The van der Waals surface area contributed by atoms with Gasteiger partial charge in [0, 0.05) is 12.1 Å². The molecule has 16 heavy (non-hydrogen) atoms. The second kappa shape index (κ2) is 7.29. The molecular formula is C14H30N2. The van der Waals surface area contributed by atoms with Crippen molar-refractivity contribution in [2.45, 2.75) is 70.8 Å². The first-order valence-electron chi connectivity index (χ1n) is 7.21. The summed E-state index contributed by atoms with van der Waals surface area (Å²) < 4.78 is 0. The summed E-state index contributed by atoms with van der Waals surface area (Å²) in [5.41, 5.74) is 6.28. The number of nitrogens with two attached hydrogens (primary N) is 1. The van der Waals surface area contributed by atoms with Crippen LogP contribution < -0.4 is 11.1 Å². The van der Waals surface area contributed by atoms with Gasteiger partial charge in [0.05, 0.1) is 0 Å². The molecule has 0 aromatic carbocycles. The lowest BCUT2D eigenvalue weighted by Gasteiger charge is -2.34. The van der Waals surface area contributed by atoms with Gasteiger partial charge in [-0.1, -0.05) is 52.4 Å². The van der Waals surface area contributed by atoms with Gasteiger partial charge >= 0.3 is 0 Å². The van der Waals surface area contributed by atoms with Crippen LogP contribution in [0.1, 0.15) is 65.2 Å². The fourth-order valence-electron chi connectivity index (χ4n) is 2.80. The maximum Gasteiger partial charge on any atom is 0.0304 e. The van der Waals surface area contributed by atoms with Crippen LogP contribution in [0.15, 0.2) is 0 Å². The van der Waals surface area contributed by atoms with Gasteiger partial charge in [-0.05, 0) is 25.3 Å². The molecule has 2 heteroatoms. The van der Waals surface area contributed by atoms with Crippen LogP contribution in [0.25, 0.3) is 0 Å². The van der Waals surface area contributed by atoms with E-state index in [2.05, 4.69) is 19.2 Å². The third-order valence-electron chi connectivity index (χ3n) is 4.37. The van der Waals surface area contributed by atoms with E-state index in [4.69, 9.17) is 5.73 Å². The van der Waals surface area contributed by atoms with Crippen LogP contribution in [0.4, 0.5) is 0 Å². The van der Waals surface area contributed by atoms with Gasteiger partial charge in [-0.3, -0.25) is 0 Å². The standard InChI is InChI=1S/C14H30N2/c1-3-13(4-2)11-16-14(12-15)9-7-5-6-8-10-14/h13,16H,3-12,15H2,1-2H3. The zero-order chi connectivity index (χ0) is 11.9. The Morgan fingerprint density at radius 3 is 2.06 bits per heavy atom. The Balaban J connectivity index is 2.44. The highest BCUT2D eigenvalue weighted by Gasteiger charge is 2.29. The summed E-state index contributed by atoms with van der Waals surface area (Å²) >= 11 is 0. The summed E-state index contributed by atoms with van der Waals surface area (Å²) in [4.78, 5) is 0. The van der Waals surface area contributed by atoms with E-state index in [-0.39, 0.29) is 5.54 Å². The van der Waals surface area contributed by atoms with E-state index >= 15 is 0 Å². The number of nitrogens with one attached hydrogen (secondary N) is 1. The Kier molecular flexibility index (Phi) is 6.37. The molecule has 0 radical (unpaired) electrons. The molecule has 96 valence electrons. The van der Waals surface area contributed by atoms with E-state index in [1.165, 1.54) is 51.4 Å². The number of hydrogen-bond donors (Lipinski definition) is 2. The smallest absolute Gasteiger partial charge is 0.0304 e. The lowest BCUT2D eigenvalue weighted by atomic mass is 9.89. The minimum Gasteiger partial charge on any atom is -0.329 e. The van der Waals surface area contributed by atoms with Gasteiger partial charge in [0.25, 0.3) is 0 Å². The summed E-state index contributed by atoms with van der Waals surface area (Å²) in [7, 11) is 0. The maximum absolute atomic E-state index is 6.01. The highest BCUT2D eigenvalue weighted by atomic mass is 15.0. The molecule has 0 aromatic rings. The minimum absolute atomic E-state index is 0.263. The van der Waals surface area contributed by atoms with Crippen molar-refractivity contribution < 1.29 is 0 Å². The van der Waals surface area contributed by atoms with Crippen molar-refractivity contribution in [2.75, 3.05) is 13.1 Å². The van der Waals surface area contributed by atoms with E-state index in [0.29, 0.717) is 0 Å².